The molecule has 0 unspecified atom stereocenters. The lowest BCUT2D eigenvalue weighted by Crippen LogP contribution is -2.16. The molecule has 29 heavy (non-hydrogen) atoms. The van der Waals surface area contributed by atoms with Crippen LogP contribution in [0.3, 0.4) is 0 Å². The SMILES string of the molecule is COc1ccc(NC(=O)c2cccc(C(=O)Nc3ccccc3F)c2)cc1OC. The summed E-state index contributed by atoms with van der Waals surface area (Å²) in [7, 11) is 3.02. The van der Waals surface area contributed by atoms with Crippen LogP contribution in [0, 0.1) is 5.82 Å². The molecule has 0 saturated carbocycles. The molecule has 0 heterocycles. The number of halogens is 1. The third-order valence-electron chi connectivity index (χ3n) is 4.15. The molecule has 0 fully saturated rings. The van der Waals surface area contributed by atoms with Crippen LogP contribution >= 0.6 is 0 Å². The van der Waals surface area contributed by atoms with Gasteiger partial charge in [-0.05, 0) is 42.5 Å². The first kappa shape index (κ1) is 19.9. The van der Waals surface area contributed by atoms with Gasteiger partial charge in [0.1, 0.15) is 5.82 Å². The second-order valence-corrected chi connectivity index (χ2v) is 6.04. The largest absolute Gasteiger partial charge is 0.493 e. The van der Waals surface area contributed by atoms with E-state index in [2.05, 4.69) is 10.6 Å². The van der Waals surface area contributed by atoms with Gasteiger partial charge in [0.05, 0.1) is 19.9 Å². The van der Waals surface area contributed by atoms with Crippen molar-refractivity contribution in [3.8, 4) is 11.5 Å². The number of nitrogens with one attached hydrogen (secondary N) is 2. The molecule has 3 aromatic carbocycles. The van der Waals surface area contributed by atoms with E-state index in [4.69, 9.17) is 9.47 Å². The van der Waals surface area contributed by atoms with Gasteiger partial charge >= 0.3 is 0 Å². The fraction of sp³-hybridized carbons (Fsp3) is 0.0909. The molecule has 0 aliphatic heterocycles. The van der Waals surface area contributed by atoms with Gasteiger partial charge in [0.25, 0.3) is 11.8 Å². The number of carbonyl (C=O) groups is 2. The minimum absolute atomic E-state index is 0.0673. The number of anilines is 2. The molecule has 0 radical (unpaired) electrons. The van der Waals surface area contributed by atoms with Gasteiger partial charge in [0, 0.05) is 22.9 Å². The first-order valence-electron chi connectivity index (χ1n) is 8.71. The van der Waals surface area contributed by atoms with Crippen LogP contribution in [-0.2, 0) is 0 Å². The maximum Gasteiger partial charge on any atom is 0.255 e. The van der Waals surface area contributed by atoms with Gasteiger partial charge in [-0.1, -0.05) is 18.2 Å². The summed E-state index contributed by atoms with van der Waals surface area (Å²) in [6, 6.07) is 17.0. The van der Waals surface area contributed by atoms with Gasteiger partial charge in [0.2, 0.25) is 0 Å². The summed E-state index contributed by atoms with van der Waals surface area (Å²) in [4.78, 5) is 25.0. The Labute approximate surface area is 167 Å². The second kappa shape index (κ2) is 8.88. The van der Waals surface area contributed by atoms with Crippen molar-refractivity contribution in [1.82, 2.24) is 0 Å². The highest BCUT2D eigenvalue weighted by Gasteiger charge is 2.13. The third kappa shape index (κ3) is 4.70. The molecule has 6 nitrogen and oxygen atoms in total. The fourth-order valence-electron chi connectivity index (χ4n) is 2.68. The Bertz CT molecular complexity index is 1050. The number of rotatable bonds is 6. The number of hydrogen-bond acceptors (Lipinski definition) is 4. The van der Waals surface area contributed by atoms with Crippen molar-refractivity contribution in [3.63, 3.8) is 0 Å². The Balaban J connectivity index is 1.76. The van der Waals surface area contributed by atoms with Gasteiger partial charge in [-0.25, -0.2) is 4.39 Å². The van der Waals surface area contributed by atoms with Crippen molar-refractivity contribution in [2.75, 3.05) is 24.9 Å². The van der Waals surface area contributed by atoms with E-state index in [1.807, 2.05) is 0 Å². The molecule has 0 bridgehead atoms. The summed E-state index contributed by atoms with van der Waals surface area (Å²) in [5.74, 6) is -0.447. The van der Waals surface area contributed by atoms with Crippen molar-refractivity contribution in [2.45, 2.75) is 0 Å². The molecular weight excluding hydrogens is 375 g/mol. The zero-order chi connectivity index (χ0) is 20.8. The highest BCUT2D eigenvalue weighted by molar-refractivity contribution is 6.08. The average Bonchev–Trinajstić information content (AvgIpc) is 2.75. The van der Waals surface area contributed by atoms with Gasteiger partial charge < -0.3 is 20.1 Å². The van der Waals surface area contributed by atoms with Crippen molar-refractivity contribution in [1.29, 1.82) is 0 Å². The van der Waals surface area contributed by atoms with E-state index in [-0.39, 0.29) is 16.8 Å². The van der Waals surface area contributed by atoms with Crippen molar-refractivity contribution in [3.05, 3.63) is 83.7 Å². The zero-order valence-electron chi connectivity index (χ0n) is 15.9. The Morgan fingerprint density at radius 2 is 1.41 bits per heavy atom. The van der Waals surface area contributed by atoms with Crippen LogP contribution in [0.4, 0.5) is 15.8 Å². The minimum atomic E-state index is -0.539. The second-order valence-electron chi connectivity index (χ2n) is 6.04. The average molecular weight is 394 g/mol. The standard InChI is InChI=1S/C22H19FN2O4/c1-28-19-11-10-16(13-20(19)29-2)24-21(26)14-6-5-7-15(12-14)22(27)25-18-9-4-3-8-17(18)23/h3-13H,1-2H3,(H,24,26)(H,25,27). The first-order valence-corrected chi connectivity index (χ1v) is 8.71. The number of carbonyl (C=O) groups excluding carboxylic acids is 2. The van der Waals surface area contributed by atoms with E-state index < -0.39 is 17.6 Å². The van der Waals surface area contributed by atoms with Crippen LogP contribution in [-0.4, -0.2) is 26.0 Å². The minimum Gasteiger partial charge on any atom is -0.493 e. The fourth-order valence-corrected chi connectivity index (χ4v) is 2.68. The predicted octanol–water partition coefficient (Wildman–Crippen LogP) is 4.35. The molecule has 0 saturated heterocycles. The number of ether oxygens (including phenoxy) is 2. The molecule has 3 rings (SSSR count). The normalized spacial score (nSPS) is 10.2. The molecule has 7 heteroatoms. The van der Waals surface area contributed by atoms with E-state index in [9.17, 15) is 14.0 Å². The van der Waals surface area contributed by atoms with E-state index in [1.54, 1.807) is 42.5 Å². The quantitative estimate of drug-likeness (QED) is 0.652. The van der Waals surface area contributed by atoms with Gasteiger partial charge in [-0.15, -0.1) is 0 Å². The van der Waals surface area contributed by atoms with Crippen LogP contribution in [0.1, 0.15) is 20.7 Å². The molecule has 0 aliphatic carbocycles. The van der Waals surface area contributed by atoms with Gasteiger partial charge in [-0.2, -0.15) is 0 Å². The Morgan fingerprint density at radius 3 is 2.07 bits per heavy atom. The Kier molecular flexibility index (Phi) is 6.09. The summed E-state index contributed by atoms with van der Waals surface area (Å²) in [6.45, 7) is 0. The molecule has 2 N–H and O–H groups in total. The van der Waals surface area contributed by atoms with Crippen LogP contribution < -0.4 is 20.1 Å². The van der Waals surface area contributed by atoms with Gasteiger partial charge in [0.15, 0.2) is 11.5 Å². The summed E-state index contributed by atoms with van der Waals surface area (Å²) >= 11 is 0. The zero-order valence-corrected chi connectivity index (χ0v) is 15.9. The van der Waals surface area contributed by atoms with E-state index in [1.165, 1.54) is 38.5 Å². The third-order valence-corrected chi connectivity index (χ3v) is 4.15. The van der Waals surface area contributed by atoms with E-state index in [0.29, 0.717) is 17.2 Å². The predicted molar refractivity (Wildman–Crippen MR) is 108 cm³/mol. The molecule has 0 spiro atoms. The molecule has 2 amide bonds. The van der Waals surface area contributed by atoms with Crippen LogP contribution in [0.25, 0.3) is 0 Å². The highest BCUT2D eigenvalue weighted by Crippen LogP contribution is 2.30. The highest BCUT2D eigenvalue weighted by atomic mass is 19.1. The molecular formula is C22H19FN2O4. The number of methoxy groups -OCH3 is 2. The summed E-state index contributed by atoms with van der Waals surface area (Å²) in [5, 5.41) is 5.24. The Hall–Kier alpha value is -3.87. The maximum atomic E-state index is 13.7. The number of hydrogen-bond donors (Lipinski definition) is 2. The summed E-state index contributed by atoms with van der Waals surface area (Å²) < 4.78 is 24.1. The molecule has 0 aromatic heterocycles. The molecule has 3 aromatic rings. The van der Waals surface area contributed by atoms with Crippen LogP contribution in [0.2, 0.25) is 0 Å². The molecule has 0 aliphatic rings. The number of benzene rings is 3. The van der Waals surface area contributed by atoms with Crippen molar-refractivity contribution < 1.29 is 23.5 Å². The van der Waals surface area contributed by atoms with E-state index in [0.717, 1.165) is 0 Å². The number of amides is 2. The van der Waals surface area contributed by atoms with Crippen LogP contribution in [0.15, 0.2) is 66.7 Å². The molecule has 0 atom stereocenters. The topological polar surface area (TPSA) is 76.7 Å². The summed E-state index contributed by atoms with van der Waals surface area (Å²) in [6.07, 6.45) is 0. The van der Waals surface area contributed by atoms with Gasteiger partial charge in [-0.3, -0.25) is 9.59 Å². The van der Waals surface area contributed by atoms with Crippen LogP contribution in [0.5, 0.6) is 11.5 Å². The summed E-state index contributed by atoms with van der Waals surface area (Å²) in [5.41, 5.74) is 1.08. The lowest BCUT2D eigenvalue weighted by atomic mass is 10.1. The molecule has 148 valence electrons. The first-order chi connectivity index (χ1) is 14.0. The smallest absolute Gasteiger partial charge is 0.255 e. The Morgan fingerprint density at radius 1 is 0.759 bits per heavy atom. The number of para-hydroxylation sites is 1. The van der Waals surface area contributed by atoms with Crippen molar-refractivity contribution in [2.24, 2.45) is 0 Å². The monoisotopic (exact) mass is 394 g/mol. The van der Waals surface area contributed by atoms with E-state index >= 15 is 0 Å². The maximum absolute atomic E-state index is 13.7. The van der Waals surface area contributed by atoms with Crippen molar-refractivity contribution >= 4 is 23.2 Å². The lowest BCUT2D eigenvalue weighted by Gasteiger charge is -2.11. The lowest BCUT2D eigenvalue weighted by molar-refractivity contribution is 0.102.